The minimum Gasteiger partial charge on any atom is -0.335 e. The van der Waals surface area contributed by atoms with Gasteiger partial charge in [-0.15, -0.1) is 4.48 Å². The van der Waals surface area contributed by atoms with E-state index in [0.717, 1.165) is 12.8 Å². The van der Waals surface area contributed by atoms with E-state index in [1.165, 1.54) is 12.3 Å². The summed E-state index contributed by atoms with van der Waals surface area (Å²) in [6.45, 7) is 5.58. The van der Waals surface area contributed by atoms with Gasteiger partial charge < -0.3 is 10.2 Å². The van der Waals surface area contributed by atoms with Gasteiger partial charge in [0.1, 0.15) is 0 Å². The van der Waals surface area contributed by atoms with E-state index in [1.807, 2.05) is 0 Å². The Kier molecular flexibility index (Phi) is 8.07. The lowest BCUT2D eigenvalue weighted by Gasteiger charge is -2.47. The van der Waals surface area contributed by atoms with Crippen LogP contribution in [0.15, 0.2) is 42.7 Å². The third kappa shape index (κ3) is 5.66. The van der Waals surface area contributed by atoms with Crippen LogP contribution in [-0.4, -0.2) is 69.4 Å². The third-order valence-corrected chi connectivity index (χ3v) is 6.91. The number of urea groups is 1. The number of imide groups is 1. The summed E-state index contributed by atoms with van der Waals surface area (Å²) in [4.78, 5) is 66.1. The van der Waals surface area contributed by atoms with Gasteiger partial charge >= 0.3 is 18.3 Å². The van der Waals surface area contributed by atoms with Crippen LogP contribution in [0.25, 0.3) is 0 Å². The van der Waals surface area contributed by atoms with Crippen molar-refractivity contribution in [3.63, 3.8) is 0 Å². The Morgan fingerprint density at radius 3 is 2.67 bits per heavy atom. The number of quaternary nitrogens is 1. The number of pyridine rings is 1. The van der Waals surface area contributed by atoms with E-state index in [9.17, 15) is 19.2 Å². The number of carbonyl (C=O) groups is 4. The number of rotatable bonds is 5. The number of anilines is 1. The highest BCUT2D eigenvalue weighted by Crippen LogP contribution is 2.40. The molecule has 39 heavy (non-hydrogen) atoms. The number of benzene rings is 1. The second kappa shape index (κ2) is 11.1. The number of likely N-dealkylation sites (tertiary alicyclic amines) is 1. The lowest BCUT2D eigenvalue weighted by atomic mass is 9.87. The molecule has 0 spiro atoms. The summed E-state index contributed by atoms with van der Waals surface area (Å²) in [6, 6.07) is 7.11. The Hall–Kier alpha value is -3.78. The number of nitrogens with one attached hydrogen (secondary N) is 2. The van der Waals surface area contributed by atoms with Gasteiger partial charge in [0.2, 0.25) is 0 Å². The van der Waals surface area contributed by atoms with Gasteiger partial charge in [0.25, 0.3) is 5.66 Å². The van der Waals surface area contributed by atoms with Gasteiger partial charge in [-0.05, 0) is 69.9 Å². The highest BCUT2D eigenvalue weighted by atomic mass is 35.5. The Balaban J connectivity index is 1.90. The van der Waals surface area contributed by atoms with E-state index in [0.29, 0.717) is 35.6 Å². The van der Waals surface area contributed by atoms with Crippen molar-refractivity contribution in [1.29, 1.82) is 0 Å². The fraction of sp³-hybridized carbons (Fsp3) is 0.393. The molecule has 204 valence electrons. The molecule has 2 aromatic rings. The minimum absolute atomic E-state index is 0.250. The molecule has 0 saturated carbocycles. The first-order chi connectivity index (χ1) is 18.5. The largest absolute Gasteiger partial charge is 0.450 e. The maximum absolute atomic E-state index is 14.3. The van der Waals surface area contributed by atoms with E-state index < -0.39 is 46.4 Å². The van der Waals surface area contributed by atoms with Crippen LogP contribution in [0.5, 0.6) is 0 Å². The summed E-state index contributed by atoms with van der Waals surface area (Å²) in [7, 11) is 0. The van der Waals surface area contributed by atoms with Crippen LogP contribution in [-0.2, 0) is 14.4 Å². The minimum atomic E-state index is -2.05. The van der Waals surface area contributed by atoms with Crippen molar-refractivity contribution in [2.45, 2.75) is 51.3 Å². The van der Waals surface area contributed by atoms with Crippen molar-refractivity contribution in [3.05, 3.63) is 58.9 Å². The van der Waals surface area contributed by atoms with Gasteiger partial charge in [-0.3, -0.25) is 19.4 Å². The molecule has 1 aromatic heterocycles. The van der Waals surface area contributed by atoms with Crippen molar-refractivity contribution < 1.29 is 28.5 Å². The van der Waals surface area contributed by atoms with Crippen LogP contribution in [0.1, 0.15) is 56.0 Å². The van der Waals surface area contributed by atoms with Crippen molar-refractivity contribution in [3.8, 4) is 11.8 Å². The van der Waals surface area contributed by atoms with Crippen LogP contribution < -0.4 is 10.8 Å². The molecule has 0 radical (unpaired) electrons. The third-order valence-electron chi connectivity index (χ3n) is 6.68. The Morgan fingerprint density at radius 1 is 1.28 bits per heavy atom. The average Bonchev–Trinajstić information content (AvgIpc) is 3.44. The second-order valence-electron chi connectivity index (χ2n) is 10.6. The zero-order valence-electron chi connectivity index (χ0n) is 22.1. The van der Waals surface area contributed by atoms with Crippen molar-refractivity contribution >= 4 is 41.4 Å². The summed E-state index contributed by atoms with van der Waals surface area (Å²) in [5.74, 6) is 4.80. The number of aromatic nitrogens is 1. The first-order valence-electron chi connectivity index (χ1n) is 12.6. The maximum Gasteiger partial charge on any atom is 0.450 e. The standard InChI is InChI=1S/C28H30ClN5O5/c1-27(2,3)39-32-26(38)34(19-35,15-7-9-20-8-6-12-30-18-20)28(25(37)33-13-4-5-14-33)17-24(36)22-11-10-21(29)16-23(22)31-28/h6,8,10-12,16,18-19H,4-5,13-15,17H2,1-3H3,(H-,31,32,36,38)/p+1. The average molecular weight is 553 g/mol. The molecule has 1 fully saturated rings. The lowest BCUT2D eigenvalue weighted by molar-refractivity contribution is -0.801. The molecule has 4 rings (SSSR count). The number of fused-ring (bicyclic) bond motifs is 1. The molecule has 2 atom stereocenters. The van der Waals surface area contributed by atoms with Gasteiger partial charge in [-0.1, -0.05) is 17.5 Å². The monoisotopic (exact) mass is 552 g/mol. The number of nitrogens with zero attached hydrogens (tertiary/aromatic N) is 3. The number of ketones is 1. The van der Waals surface area contributed by atoms with Gasteiger partial charge in [0.05, 0.1) is 17.7 Å². The molecule has 1 saturated heterocycles. The fourth-order valence-electron chi connectivity index (χ4n) is 4.72. The number of hydrogen-bond donors (Lipinski definition) is 2. The molecule has 1 aromatic carbocycles. The van der Waals surface area contributed by atoms with Crippen LogP contribution in [0.2, 0.25) is 5.02 Å². The first kappa shape index (κ1) is 28.2. The summed E-state index contributed by atoms with van der Waals surface area (Å²) in [5.41, 5.74) is 0.611. The molecule has 2 unspecified atom stereocenters. The summed E-state index contributed by atoms with van der Waals surface area (Å²) < 4.78 is -1.20. The topological polar surface area (TPSA) is 118 Å². The molecule has 4 amide bonds. The van der Waals surface area contributed by atoms with Crippen molar-refractivity contribution in [1.82, 2.24) is 15.4 Å². The maximum atomic E-state index is 14.3. The number of Topliss-reactive ketones (excluding diaryl/α,β-unsaturated/α-hetero) is 1. The van der Waals surface area contributed by atoms with E-state index in [1.54, 1.807) is 56.1 Å². The van der Waals surface area contributed by atoms with Crippen LogP contribution in [0.3, 0.4) is 0 Å². The van der Waals surface area contributed by atoms with Gasteiger partial charge in [-0.2, -0.15) is 5.48 Å². The van der Waals surface area contributed by atoms with Gasteiger partial charge in [-0.25, -0.2) is 9.59 Å². The first-order valence-corrected chi connectivity index (χ1v) is 13.0. The predicted molar refractivity (Wildman–Crippen MR) is 144 cm³/mol. The molecule has 2 aliphatic rings. The molecule has 2 N–H and O–H groups in total. The zero-order valence-corrected chi connectivity index (χ0v) is 22.9. The molecule has 0 bridgehead atoms. The number of amides is 4. The van der Waals surface area contributed by atoms with Gasteiger partial charge in [0, 0.05) is 41.6 Å². The molecule has 11 heteroatoms. The van der Waals surface area contributed by atoms with E-state index in [2.05, 4.69) is 27.6 Å². The SMILES string of the molecule is CC(C)(C)ONC(=O)[N+](C=O)(CC#Cc1cccnc1)C1(C(=O)N2CCCC2)CC(=O)c2ccc(Cl)cc2N1. The Labute approximate surface area is 232 Å². The highest BCUT2D eigenvalue weighted by Gasteiger charge is 2.66. The second-order valence-corrected chi connectivity index (χ2v) is 11.0. The number of carbonyl (C=O) groups excluding carboxylic acids is 4. The lowest BCUT2D eigenvalue weighted by Crippen LogP contribution is -2.78. The van der Waals surface area contributed by atoms with E-state index in [4.69, 9.17) is 16.4 Å². The fourth-order valence-corrected chi connectivity index (χ4v) is 4.89. The Morgan fingerprint density at radius 2 is 2.03 bits per heavy atom. The van der Waals surface area contributed by atoms with Crippen LogP contribution in [0.4, 0.5) is 10.5 Å². The van der Waals surface area contributed by atoms with Crippen LogP contribution >= 0.6 is 11.6 Å². The van der Waals surface area contributed by atoms with Gasteiger partial charge in [0.15, 0.2) is 12.3 Å². The molecule has 3 heterocycles. The van der Waals surface area contributed by atoms with Crippen LogP contribution in [0, 0.1) is 11.8 Å². The van der Waals surface area contributed by atoms with E-state index >= 15 is 0 Å². The summed E-state index contributed by atoms with van der Waals surface area (Å²) in [6.07, 6.45) is 4.55. The predicted octanol–water partition coefficient (Wildman–Crippen LogP) is 3.52. The molecular weight excluding hydrogens is 522 g/mol. The zero-order chi connectivity index (χ0) is 28.3. The Bertz CT molecular complexity index is 1340. The molecule has 10 nitrogen and oxygen atoms in total. The number of halogens is 1. The van der Waals surface area contributed by atoms with Crippen molar-refractivity contribution in [2.75, 3.05) is 25.0 Å². The summed E-state index contributed by atoms with van der Waals surface area (Å²) in [5, 5.41) is 3.44. The van der Waals surface area contributed by atoms with Crippen molar-refractivity contribution in [2.24, 2.45) is 0 Å². The normalized spacial score (nSPS) is 20.1. The summed E-state index contributed by atoms with van der Waals surface area (Å²) >= 11 is 6.24. The quantitative estimate of drug-likeness (QED) is 0.252. The highest BCUT2D eigenvalue weighted by molar-refractivity contribution is 6.31. The molecular formula is C28H31ClN5O5+. The molecule has 2 aliphatic heterocycles. The number of hydroxylamine groups is 1. The smallest absolute Gasteiger partial charge is 0.335 e. The number of hydrogen-bond acceptors (Lipinski definition) is 7. The van der Waals surface area contributed by atoms with E-state index in [-0.39, 0.29) is 5.69 Å². The molecule has 0 aliphatic carbocycles.